The third kappa shape index (κ3) is 2.62. The fourth-order valence-electron chi connectivity index (χ4n) is 3.71. The molecule has 0 bridgehead atoms. The molecule has 1 heterocycles. The minimum atomic E-state index is -0.288. The fraction of sp³-hybridized carbons (Fsp3) is 0.647. The van der Waals surface area contributed by atoms with E-state index in [1.165, 1.54) is 37.7 Å². The van der Waals surface area contributed by atoms with Gasteiger partial charge in [0, 0.05) is 6.54 Å². The van der Waals surface area contributed by atoms with Crippen LogP contribution in [0.15, 0.2) is 30.3 Å². The molecular formula is C17H25NO2. The molecular weight excluding hydrogens is 250 g/mol. The van der Waals surface area contributed by atoms with E-state index in [2.05, 4.69) is 30.3 Å². The van der Waals surface area contributed by atoms with Gasteiger partial charge in [-0.2, -0.15) is 0 Å². The van der Waals surface area contributed by atoms with Gasteiger partial charge in [-0.15, -0.1) is 0 Å². The molecule has 0 unspecified atom stereocenters. The molecule has 2 fully saturated rings. The average Bonchev–Trinajstić information content (AvgIpc) is 2.56. The van der Waals surface area contributed by atoms with Crippen LogP contribution in [-0.2, 0) is 15.1 Å². The topological polar surface area (TPSA) is 44.5 Å². The van der Waals surface area contributed by atoms with Crippen molar-refractivity contribution in [2.45, 2.75) is 43.8 Å². The quantitative estimate of drug-likeness (QED) is 0.922. The highest BCUT2D eigenvalue weighted by atomic mass is 16.6. The summed E-state index contributed by atoms with van der Waals surface area (Å²) in [7, 11) is 0. The van der Waals surface area contributed by atoms with E-state index in [1.54, 1.807) is 0 Å². The maximum atomic E-state index is 6.50. The normalized spacial score (nSPS) is 32.1. The van der Waals surface area contributed by atoms with E-state index in [4.69, 9.17) is 15.2 Å². The molecule has 1 aliphatic heterocycles. The zero-order chi connectivity index (χ0) is 13.8. The number of hydrogen-bond acceptors (Lipinski definition) is 3. The molecule has 2 aliphatic rings. The van der Waals surface area contributed by atoms with E-state index in [0.29, 0.717) is 25.7 Å². The van der Waals surface area contributed by atoms with Crippen molar-refractivity contribution in [3.63, 3.8) is 0 Å². The Morgan fingerprint density at radius 2 is 1.85 bits per heavy atom. The lowest BCUT2D eigenvalue weighted by atomic mass is 9.73. The molecule has 2 N–H and O–H groups in total. The minimum Gasteiger partial charge on any atom is -0.375 e. The van der Waals surface area contributed by atoms with E-state index in [9.17, 15) is 0 Å². The summed E-state index contributed by atoms with van der Waals surface area (Å²) in [5, 5.41) is 0. The van der Waals surface area contributed by atoms with Crippen LogP contribution in [0.1, 0.15) is 37.7 Å². The van der Waals surface area contributed by atoms with Gasteiger partial charge in [-0.05, 0) is 24.3 Å². The second kappa shape index (κ2) is 6.25. The zero-order valence-corrected chi connectivity index (χ0v) is 12.1. The Labute approximate surface area is 121 Å². The third-order valence-corrected chi connectivity index (χ3v) is 4.79. The van der Waals surface area contributed by atoms with Gasteiger partial charge in [0.2, 0.25) is 0 Å². The zero-order valence-electron chi connectivity index (χ0n) is 12.1. The van der Waals surface area contributed by atoms with Crippen molar-refractivity contribution in [1.82, 2.24) is 0 Å². The number of rotatable bonds is 3. The standard InChI is InChI=1S/C17H25NO2/c18-11-16-12-19-13-17(20-16,14-7-3-1-4-8-14)15-9-5-2-6-10-15/h1,3-4,7-8,15-16H,2,5-6,9-13,18H2/t16-,17+/m1/s1. The maximum Gasteiger partial charge on any atom is 0.120 e. The van der Waals surface area contributed by atoms with Crippen molar-refractivity contribution in [1.29, 1.82) is 0 Å². The molecule has 0 spiro atoms. The lowest BCUT2D eigenvalue weighted by Gasteiger charge is -2.47. The Balaban J connectivity index is 1.93. The molecule has 1 aromatic rings. The Hall–Kier alpha value is -0.900. The first-order valence-corrected chi connectivity index (χ1v) is 7.86. The van der Waals surface area contributed by atoms with Crippen LogP contribution >= 0.6 is 0 Å². The largest absolute Gasteiger partial charge is 0.375 e. The van der Waals surface area contributed by atoms with Crippen LogP contribution in [-0.4, -0.2) is 25.9 Å². The smallest absolute Gasteiger partial charge is 0.120 e. The number of ether oxygens (including phenoxy) is 2. The summed E-state index contributed by atoms with van der Waals surface area (Å²) >= 11 is 0. The van der Waals surface area contributed by atoms with Crippen LogP contribution in [0, 0.1) is 5.92 Å². The molecule has 2 atom stereocenters. The summed E-state index contributed by atoms with van der Waals surface area (Å²) in [6.45, 7) is 1.82. The van der Waals surface area contributed by atoms with Gasteiger partial charge < -0.3 is 15.2 Å². The number of hydrogen-bond donors (Lipinski definition) is 1. The Morgan fingerprint density at radius 3 is 2.55 bits per heavy atom. The highest BCUT2D eigenvalue weighted by Crippen LogP contribution is 2.44. The van der Waals surface area contributed by atoms with Crippen LogP contribution in [0.5, 0.6) is 0 Å². The van der Waals surface area contributed by atoms with Gasteiger partial charge in [-0.3, -0.25) is 0 Å². The van der Waals surface area contributed by atoms with E-state index in [0.717, 1.165) is 0 Å². The molecule has 1 aromatic carbocycles. The lowest BCUT2D eigenvalue weighted by molar-refractivity contribution is -0.229. The maximum absolute atomic E-state index is 6.50. The van der Waals surface area contributed by atoms with E-state index < -0.39 is 0 Å². The highest BCUT2D eigenvalue weighted by molar-refractivity contribution is 5.25. The van der Waals surface area contributed by atoms with E-state index in [-0.39, 0.29) is 11.7 Å². The lowest BCUT2D eigenvalue weighted by Crippen LogP contribution is -2.52. The monoisotopic (exact) mass is 275 g/mol. The van der Waals surface area contributed by atoms with Gasteiger partial charge >= 0.3 is 0 Å². The summed E-state index contributed by atoms with van der Waals surface area (Å²) in [6, 6.07) is 10.6. The van der Waals surface area contributed by atoms with Gasteiger partial charge in [0.1, 0.15) is 5.60 Å². The molecule has 20 heavy (non-hydrogen) atoms. The van der Waals surface area contributed by atoms with Crippen LogP contribution in [0.4, 0.5) is 0 Å². The van der Waals surface area contributed by atoms with Gasteiger partial charge in [-0.1, -0.05) is 49.6 Å². The molecule has 3 nitrogen and oxygen atoms in total. The summed E-state index contributed by atoms with van der Waals surface area (Å²) in [6.07, 6.45) is 6.44. The SMILES string of the molecule is NC[C@@H]1COC[C@](c2ccccc2)(C2CCCCC2)O1. The number of nitrogens with two attached hydrogens (primary N) is 1. The molecule has 1 saturated heterocycles. The fourth-order valence-corrected chi connectivity index (χ4v) is 3.71. The predicted molar refractivity (Wildman–Crippen MR) is 79.4 cm³/mol. The van der Waals surface area contributed by atoms with Crippen molar-refractivity contribution < 1.29 is 9.47 Å². The molecule has 0 aromatic heterocycles. The molecule has 3 heteroatoms. The predicted octanol–water partition coefficient (Wildman–Crippen LogP) is 2.84. The second-order valence-corrected chi connectivity index (χ2v) is 6.08. The van der Waals surface area contributed by atoms with Gasteiger partial charge in [0.25, 0.3) is 0 Å². The molecule has 1 saturated carbocycles. The molecule has 0 amide bonds. The van der Waals surface area contributed by atoms with Crippen molar-refractivity contribution in [3.8, 4) is 0 Å². The first-order valence-electron chi connectivity index (χ1n) is 7.86. The Morgan fingerprint density at radius 1 is 1.10 bits per heavy atom. The second-order valence-electron chi connectivity index (χ2n) is 6.08. The summed E-state index contributed by atoms with van der Waals surface area (Å²) in [5.74, 6) is 0.549. The minimum absolute atomic E-state index is 0.0193. The highest BCUT2D eigenvalue weighted by Gasteiger charge is 2.46. The molecule has 0 radical (unpaired) electrons. The van der Waals surface area contributed by atoms with E-state index in [1.807, 2.05) is 0 Å². The van der Waals surface area contributed by atoms with Crippen LogP contribution in [0.25, 0.3) is 0 Å². The molecule has 3 rings (SSSR count). The third-order valence-electron chi connectivity index (χ3n) is 4.79. The number of benzene rings is 1. The van der Waals surface area contributed by atoms with Crippen molar-refractivity contribution in [3.05, 3.63) is 35.9 Å². The molecule has 110 valence electrons. The summed E-state index contributed by atoms with van der Waals surface area (Å²) < 4.78 is 12.4. The van der Waals surface area contributed by atoms with Crippen molar-refractivity contribution in [2.75, 3.05) is 19.8 Å². The van der Waals surface area contributed by atoms with E-state index >= 15 is 0 Å². The first kappa shape index (κ1) is 14.1. The van der Waals surface area contributed by atoms with Gasteiger partial charge in [0.05, 0.1) is 19.3 Å². The van der Waals surface area contributed by atoms with Gasteiger partial charge in [0.15, 0.2) is 0 Å². The first-order chi connectivity index (χ1) is 9.85. The average molecular weight is 275 g/mol. The summed E-state index contributed by atoms with van der Waals surface area (Å²) in [5.41, 5.74) is 6.79. The van der Waals surface area contributed by atoms with Gasteiger partial charge in [-0.25, -0.2) is 0 Å². The molecule has 1 aliphatic carbocycles. The van der Waals surface area contributed by atoms with Crippen LogP contribution in [0.3, 0.4) is 0 Å². The Bertz CT molecular complexity index is 416. The van der Waals surface area contributed by atoms with Crippen LogP contribution in [0.2, 0.25) is 0 Å². The van der Waals surface area contributed by atoms with Crippen LogP contribution < -0.4 is 5.73 Å². The van der Waals surface area contributed by atoms with Crippen molar-refractivity contribution >= 4 is 0 Å². The van der Waals surface area contributed by atoms with Crippen molar-refractivity contribution in [2.24, 2.45) is 11.7 Å². The Kier molecular flexibility index (Phi) is 4.39. The summed E-state index contributed by atoms with van der Waals surface area (Å²) in [4.78, 5) is 0.